The van der Waals surface area contributed by atoms with Gasteiger partial charge in [0.25, 0.3) is 5.69 Å². The van der Waals surface area contributed by atoms with E-state index in [1.54, 1.807) is 5.38 Å². The molecule has 0 saturated heterocycles. The second-order valence-corrected chi connectivity index (χ2v) is 6.40. The summed E-state index contributed by atoms with van der Waals surface area (Å²) in [5.41, 5.74) is 1.36. The number of halogens is 1. The summed E-state index contributed by atoms with van der Waals surface area (Å²) in [6, 6.07) is 13.2. The van der Waals surface area contributed by atoms with E-state index in [9.17, 15) is 14.9 Å². The molecule has 1 N–H and O–H groups in total. The van der Waals surface area contributed by atoms with Crippen LogP contribution in [-0.2, 0) is 11.3 Å². The maximum absolute atomic E-state index is 12.1. The highest BCUT2D eigenvalue weighted by Gasteiger charge is 2.16. The Hall–Kier alpha value is -2.97. The Morgan fingerprint density at radius 3 is 2.73 bits per heavy atom. The summed E-state index contributed by atoms with van der Waals surface area (Å²) >= 11 is 7.30. The van der Waals surface area contributed by atoms with E-state index >= 15 is 0 Å². The van der Waals surface area contributed by atoms with Crippen LogP contribution in [0.2, 0.25) is 5.02 Å². The lowest BCUT2D eigenvalue weighted by molar-refractivity contribution is -0.384. The molecule has 0 aliphatic heterocycles. The minimum absolute atomic E-state index is 0.0287. The molecule has 2 aromatic carbocycles. The van der Waals surface area contributed by atoms with Crippen LogP contribution in [0, 0.1) is 10.1 Å². The van der Waals surface area contributed by atoms with Crippen molar-refractivity contribution in [1.29, 1.82) is 0 Å². The average Bonchev–Trinajstić information content (AvgIpc) is 3.07. The van der Waals surface area contributed by atoms with Crippen LogP contribution >= 0.6 is 22.9 Å². The van der Waals surface area contributed by atoms with Crippen LogP contribution in [0.3, 0.4) is 0 Å². The van der Waals surface area contributed by atoms with E-state index in [0.29, 0.717) is 10.8 Å². The SMILES string of the molecule is O=C(OCc1csc(Nc2ccccc2)n1)c1ccc([N+](=O)[O-])cc1Cl. The van der Waals surface area contributed by atoms with Crippen molar-refractivity contribution in [2.24, 2.45) is 0 Å². The van der Waals surface area contributed by atoms with Crippen LogP contribution in [0.15, 0.2) is 53.9 Å². The Morgan fingerprint density at radius 2 is 2.04 bits per heavy atom. The summed E-state index contributed by atoms with van der Waals surface area (Å²) in [4.78, 5) is 26.6. The smallest absolute Gasteiger partial charge is 0.340 e. The molecular formula is C17H12ClN3O4S. The standard InChI is InChI=1S/C17H12ClN3O4S/c18-15-8-13(21(23)24)6-7-14(15)16(22)25-9-12-10-26-17(20-12)19-11-4-2-1-3-5-11/h1-8,10H,9H2,(H,19,20). The van der Waals surface area contributed by atoms with Gasteiger partial charge in [0.05, 0.1) is 21.2 Å². The fraction of sp³-hybridized carbons (Fsp3) is 0.0588. The molecule has 0 amide bonds. The molecule has 0 aliphatic carbocycles. The van der Waals surface area contributed by atoms with Gasteiger partial charge in [-0.05, 0) is 18.2 Å². The minimum atomic E-state index is -0.671. The summed E-state index contributed by atoms with van der Waals surface area (Å²) in [5.74, 6) is -0.671. The van der Waals surface area contributed by atoms with Crippen LogP contribution < -0.4 is 5.32 Å². The van der Waals surface area contributed by atoms with Gasteiger partial charge in [-0.15, -0.1) is 11.3 Å². The Kier molecular flexibility index (Phi) is 5.45. The Bertz CT molecular complexity index is 946. The highest BCUT2D eigenvalue weighted by molar-refractivity contribution is 7.13. The van der Waals surface area contributed by atoms with Gasteiger partial charge in [-0.25, -0.2) is 9.78 Å². The molecule has 132 valence electrons. The summed E-state index contributed by atoms with van der Waals surface area (Å²) in [5, 5.41) is 16.3. The second-order valence-electron chi connectivity index (χ2n) is 5.13. The topological polar surface area (TPSA) is 94.4 Å². The van der Waals surface area contributed by atoms with Crippen molar-refractivity contribution in [1.82, 2.24) is 4.98 Å². The Morgan fingerprint density at radius 1 is 1.27 bits per heavy atom. The number of hydrogen-bond acceptors (Lipinski definition) is 7. The molecule has 0 bridgehead atoms. The van der Waals surface area contributed by atoms with E-state index in [4.69, 9.17) is 16.3 Å². The van der Waals surface area contributed by atoms with E-state index in [2.05, 4.69) is 10.3 Å². The van der Waals surface area contributed by atoms with Crippen LogP contribution in [0.1, 0.15) is 16.1 Å². The number of esters is 1. The number of para-hydroxylation sites is 1. The van der Waals surface area contributed by atoms with Crippen molar-refractivity contribution in [3.8, 4) is 0 Å². The number of anilines is 2. The number of carbonyl (C=O) groups is 1. The van der Waals surface area contributed by atoms with Crippen LogP contribution in [-0.4, -0.2) is 15.9 Å². The van der Waals surface area contributed by atoms with Crippen LogP contribution in [0.5, 0.6) is 0 Å². The number of rotatable bonds is 6. The van der Waals surface area contributed by atoms with Gasteiger partial charge in [-0.1, -0.05) is 29.8 Å². The number of ether oxygens (including phenoxy) is 1. The number of non-ortho nitro benzene ring substituents is 1. The van der Waals surface area contributed by atoms with Crippen molar-refractivity contribution < 1.29 is 14.5 Å². The molecule has 0 atom stereocenters. The maximum Gasteiger partial charge on any atom is 0.340 e. The third-order valence-electron chi connectivity index (χ3n) is 3.31. The molecule has 1 heterocycles. The van der Waals surface area contributed by atoms with Gasteiger partial charge in [0.1, 0.15) is 6.61 Å². The number of nitrogens with zero attached hydrogens (tertiary/aromatic N) is 2. The third kappa shape index (κ3) is 4.35. The number of hydrogen-bond donors (Lipinski definition) is 1. The quantitative estimate of drug-likeness (QED) is 0.369. The minimum Gasteiger partial charge on any atom is -0.456 e. The van der Waals surface area contributed by atoms with Crippen LogP contribution in [0.4, 0.5) is 16.5 Å². The average molecular weight is 390 g/mol. The highest BCUT2D eigenvalue weighted by atomic mass is 35.5. The third-order valence-corrected chi connectivity index (χ3v) is 4.43. The lowest BCUT2D eigenvalue weighted by Gasteiger charge is -2.05. The number of benzene rings is 2. The Labute approximate surface area is 157 Å². The zero-order chi connectivity index (χ0) is 18.5. The van der Waals surface area contributed by atoms with E-state index in [0.717, 1.165) is 11.8 Å². The molecule has 0 unspecified atom stereocenters. The van der Waals surface area contributed by atoms with Crippen molar-refractivity contribution in [2.45, 2.75) is 6.61 Å². The number of aromatic nitrogens is 1. The largest absolute Gasteiger partial charge is 0.456 e. The molecule has 3 aromatic rings. The fourth-order valence-corrected chi connectivity index (χ4v) is 3.04. The zero-order valence-corrected chi connectivity index (χ0v) is 14.8. The lowest BCUT2D eigenvalue weighted by Crippen LogP contribution is -2.06. The molecule has 0 spiro atoms. The summed E-state index contributed by atoms with van der Waals surface area (Å²) in [7, 11) is 0. The monoisotopic (exact) mass is 389 g/mol. The van der Waals surface area contributed by atoms with Gasteiger partial charge < -0.3 is 10.1 Å². The highest BCUT2D eigenvalue weighted by Crippen LogP contribution is 2.24. The first kappa shape index (κ1) is 17.8. The van der Waals surface area contributed by atoms with Gasteiger partial charge in [0.2, 0.25) is 0 Å². The molecule has 3 rings (SSSR count). The first-order chi connectivity index (χ1) is 12.5. The molecule has 0 fully saturated rings. The normalized spacial score (nSPS) is 10.3. The van der Waals surface area contributed by atoms with E-state index in [1.807, 2.05) is 30.3 Å². The lowest BCUT2D eigenvalue weighted by atomic mass is 10.2. The first-order valence-electron chi connectivity index (χ1n) is 7.40. The van der Waals surface area contributed by atoms with Gasteiger partial charge in [0, 0.05) is 23.2 Å². The van der Waals surface area contributed by atoms with Gasteiger partial charge in [-0.2, -0.15) is 0 Å². The number of nitro benzene ring substituents is 1. The van der Waals surface area contributed by atoms with E-state index in [1.165, 1.54) is 23.5 Å². The number of nitro groups is 1. The number of thiazole rings is 1. The molecule has 7 nitrogen and oxygen atoms in total. The first-order valence-corrected chi connectivity index (χ1v) is 8.66. The Balaban J connectivity index is 1.61. The van der Waals surface area contributed by atoms with Gasteiger partial charge in [-0.3, -0.25) is 10.1 Å². The predicted molar refractivity (Wildman–Crippen MR) is 99.1 cm³/mol. The molecule has 1 aromatic heterocycles. The molecule has 0 aliphatic rings. The molecule has 26 heavy (non-hydrogen) atoms. The zero-order valence-electron chi connectivity index (χ0n) is 13.2. The summed E-state index contributed by atoms with van der Waals surface area (Å²) in [6.07, 6.45) is 0. The molecule has 0 radical (unpaired) electrons. The molecule has 0 saturated carbocycles. The van der Waals surface area contributed by atoms with Crippen molar-refractivity contribution in [3.05, 3.63) is 80.3 Å². The van der Waals surface area contributed by atoms with E-state index < -0.39 is 10.9 Å². The summed E-state index contributed by atoms with van der Waals surface area (Å²) in [6.45, 7) is -0.0287. The van der Waals surface area contributed by atoms with Crippen LogP contribution in [0.25, 0.3) is 0 Å². The van der Waals surface area contributed by atoms with Crippen molar-refractivity contribution in [3.63, 3.8) is 0 Å². The molecular weight excluding hydrogens is 378 g/mol. The van der Waals surface area contributed by atoms with Gasteiger partial charge >= 0.3 is 5.97 Å². The fourth-order valence-electron chi connectivity index (χ4n) is 2.08. The van der Waals surface area contributed by atoms with Crippen molar-refractivity contribution >= 4 is 45.4 Å². The van der Waals surface area contributed by atoms with E-state index in [-0.39, 0.29) is 22.9 Å². The second kappa shape index (κ2) is 7.94. The van der Waals surface area contributed by atoms with Gasteiger partial charge in [0.15, 0.2) is 5.13 Å². The number of carbonyl (C=O) groups excluding carboxylic acids is 1. The summed E-state index contributed by atoms with van der Waals surface area (Å²) < 4.78 is 5.18. The maximum atomic E-state index is 12.1. The van der Waals surface area contributed by atoms with Crippen molar-refractivity contribution in [2.75, 3.05) is 5.32 Å². The predicted octanol–water partition coefficient (Wildman–Crippen LogP) is 4.81. The number of nitrogens with one attached hydrogen (secondary N) is 1. The molecule has 9 heteroatoms.